The third-order valence-corrected chi connectivity index (χ3v) is 3.82. The largest absolute Gasteiger partial charge is 0.390 e. The van der Waals surface area contributed by atoms with E-state index in [1.54, 1.807) is 0 Å². The number of aliphatic hydroxyl groups excluding tert-OH is 1. The van der Waals surface area contributed by atoms with Crippen LogP contribution < -0.4 is 5.32 Å². The number of nitrogens with zero attached hydrogens (tertiary/aromatic N) is 1. The van der Waals surface area contributed by atoms with Crippen LogP contribution in [0.5, 0.6) is 0 Å². The van der Waals surface area contributed by atoms with Crippen LogP contribution in [0.25, 0.3) is 0 Å². The minimum Gasteiger partial charge on any atom is -0.390 e. The van der Waals surface area contributed by atoms with E-state index in [1.165, 1.54) is 0 Å². The van der Waals surface area contributed by atoms with Crippen LogP contribution in [0.1, 0.15) is 20.8 Å². The first-order valence-corrected chi connectivity index (χ1v) is 6.82. The van der Waals surface area contributed by atoms with Gasteiger partial charge in [-0.15, -0.1) is 0 Å². The van der Waals surface area contributed by atoms with Gasteiger partial charge in [0.25, 0.3) is 0 Å². The highest BCUT2D eigenvalue weighted by Gasteiger charge is 2.23. The molecule has 3 unspecified atom stereocenters. The summed E-state index contributed by atoms with van der Waals surface area (Å²) in [6.45, 7) is 11.3. The Labute approximate surface area is 97.6 Å². The molecule has 0 aliphatic carbocycles. The molecular weight excluding hydrogens is 208 g/mol. The molecule has 1 saturated heterocycles. The van der Waals surface area contributed by atoms with Crippen molar-refractivity contribution < 1.29 is 5.11 Å². The molecule has 0 aromatic heterocycles. The van der Waals surface area contributed by atoms with E-state index in [0.717, 1.165) is 26.2 Å². The molecule has 4 heteroatoms. The number of rotatable bonds is 5. The summed E-state index contributed by atoms with van der Waals surface area (Å²) in [5.74, 6) is 0. The Kier molecular flexibility index (Phi) is 5.97. The van der Waals surface area contributed by atoms with Crippen molar-refractivity contribution in [1.29, 1.82) is 0 Å². The quantitative estimate of drug-likeness (QED) is 0.734. The normalized spacial score (nSPS) is 30.4. The molecule has 0 saturated carbocycles. The van der Waals surface area contributed by atoms with Gasteiger partial charge >= 0.3 is 0 Å². The molecule has 0 amide bonds. The maximum absolute atomic E-state index is 9.79. The summed E-state index contributed by atoms with van der Waals surface area (Å²) >= 11 is 2.05. The molecule has 0 aromatic rings. The summed E-state index contributed by atoms with van der Waals surface area (Å²) in [6.07, 6.45) is -0.229. The minimum absolute atomic E-state index is 0.229. The van der Waals surface area contributed by atoms with Crippen LogP contribution in [-0.4, -0.2) is 59.3 Å². The van der Waals surface area contributed by atoms with E-state index in [-0.39, 0.29) is 6.10 Å². The van der Waals surface area contributed by atoms with E-state index in [0.29, 0.717) is 17.0 Å². The van der Waals surface area contributed by atoms with Crippen molar-refractivity contribution in [2.24, 2.45) is 0 Å². The molecule has 3 atom stereocenters. The zero-order chi connectivity index (χ0) is 11.3. The standard InChI is InChI=1S/C11H24N2OS/c1-4-12-5-11(14)8-13-6-9(2)15-10(3)7-13/h9-12,14H,4-8H2,1-3H3. The predicted molar refractivity (Wildman–Crippen MR) is 67.5 cm³/mol. The fourth-order valence-corrected chi connectivity index (χ4v) is 3.49. The van der Waals surface area contributed by atoms with Crippen LogP contribution >= 0.6 is 11.8 Å². The molecule has 1 aliphatic heterocycles. The van der Waals surface area contributed by atoms with E-state index in [2.05, 4.69) is 42.7 Å². The summed E-state index contributed by atoms with van der Waals surface area (Å²) in [7, 11) is 0. The highest BCUT2D eigenvalue weighted by Crippen LogP contribution is 2.24. The van der Waals surface area contributed by atoms with Gasteiger partial charge in [-0.25, -0.2) is 0 Å². The van der Waals surface area contributed by atoms with Crippen molar-refractivity contribution in [3.63, 3.8) is 0 Å². The van der Waals surface area contributed by atoms with E-state index in [1.807, 2.05) is 0 Å². The first-order chi connectivity index (χ1) is 7.11. The Hall–Kier alpha value is 0.230. The van der Waals surface area contributed by atoms with Crippen molar-refractivity contribution in [2.75, 3.05) is 32.7 Å². The molecule has 0 radical (unpaired) electrons. The third-order valence-electron chi connectivity index (χ3n) is 2.59. The summed E-state index contributed by atoms with van der Waals surface area (Å²) in [5.41, 5.74) is 0. The van der Waals surface area contributed by atoms with E-state index >= 15 is 0 Å². The van der Waals surface area contributed by atoms with Crippen LogP contribution in [0.3, 0.4) is 0 Å². The number of β-amino-alcohol motifs (C(OH)–C–C–N with tert-alkyl or cyclic N) is 1. The highest BCUT2D eigenvalue weighted by molar-refractivity contribution is 8.00. The molecule has 1 fully saturated rings. The van der Waals surface area contributed by atoms with Gasteiger partial charge in [-0.3, -0.25) is 4.90 Å². The number of aliphatic hydroxyl groups is 1. The summed E-state index contributed by atoms with van der Waals surface area (Å²) in [4.78, 5) is 2.38. The van der Waals surface area contributed by atoms with E-state index in [9.17, 15) is 5.11 Å². The second-order valence-electron chi connectivity index (χ2n) is 4.44. The smallest absolute Gasteiger partial charge is 0.0791 e. The molecule has 0 aromatic carbocycles. The highest BCUT2D eigenvalue weighted by atomic mass is 32.2. The van der Waals surface area contributed by atoms with Crippen molar-refractivity contribution in [1.82, 2.24) is 10.2 Å². The lowest BCUT2D eigenvalue weighted by molar-refractivity contribution is 0.111. The average Bonchev–Trinajstić information content (AvgIpc) is 2.13. The van der Waals surface area contributed by atoms with Gasteiger partial charge in [-0.2, -0.15) is 11.8 Å². The van der Waals surface area contributed by atoms with Gasteiger partial charge in [0.2, 0.25) is 0 Å². The van der Waals surface area contributed by atoms with Crippen LogP contribution in [-0.2, 0) is 0 Å². The fraction of sp³-hybridized carbons (Fsp3) is 1.00. The van der Waals surface area contributed by atoms with Gasteiger partial charge < -0.3 is 10.4 Å². The van der Waals surface area contributed by atoms with Crippen molar-refractivity contribution in [3.8, 4) is 0 Å². The van der Waals surface area contributed by atoms with Gasteiger partial charge in [0.05, 0.1) is 6.10 Å². The lowest BCUT2D eigenvalue weighted by Crippen LogP contribution is -2.46. The van der Waals surface area contributed by atoms with Crippen molar-refractivity contribution in [3.05, 3.63) is 0 Å². The molecular formula is C11H24N2OS. The van der Waals surface area contributed by atoms with Gasteiger partial charge in [0, 0.05) is 36.7 Å². The topological polar surface area (TPSA) is 35.5 Å². The van der Waals surface area contributed by atoms with E-state index in [4.69, 9.17) is 0 Å². The Balaban J connectivity index is 2.24. The maximum atomic E-state index is 9.79. The average molecular weight is 232 g/mol. The number of hydrogen-bond acceptors (Lipinski definition) is 4. The van der Waals surface area contributed by atoms with Crippen LogP contribution in [0.15, 0.2) is 0 Å². The number of nitrogens with one attached hydrogen (secondary N) is 1. The lowest BCUT2D eigenvalue weighted by atomic mass is 10.2. The molecule has 1 heterocycles. The molecule has 1 rings (SSSR count). The lowest BCUT2D eigenvalue weighted by Gasteiger charge is -2.35. The third kappa shape index (κ3) is 5.20. The maximum Gasteiger partial charge on any atom is 0.0791 e. The first kappa shape index (κ1) is 13.3. The second-order valence-corrected chi connectivity index (χ2v) is 6.32. The van der Waals surface area contributed by atoms with Crippen molar-refractivity contribution in [2.45, 2.75) is 37.4 Å². The number of hydrogen-bond donors (Lipinski definition) is 2. The summed E-state index contributed by atoms with van der Waals surface area (Å²) in [5, 5.41) is 14.4. The predicted octanol–water partition coefficient (Wildman–Crippen LogP) is 0.783. The molecule has 0 bridgehead atoms. The SMILES string of the molecule is CCNCC(O)CN1CC(C)SC(C)C1. The number of likely N-dealkylation sites (N-methyl/N-ethyl adjacent to an activating group) is 1. The van der Waals surface area contributed by atoms with Crippen molar-refractivity contribution >= 4 is 11.8 Å². The molecule has 90 valence electrons. The first-order valence-electron chi connectivity index (χ1n) is 5.88. The molecule has 1 aliphatic rings. The zero-order valence-corrected chi connectivity index (χ0v) is 10.9. The zero-order valence-electron chi connectivity index (χ0n) is 10.1. The van der Waals surface area contributed by atoms with Gasteiger partial charge in [0.1, 0.15) is 0 Å². The monoisotopic (exact) mass is 232 g/mol. The fourth-order valence-electron chi connectivity index (χ4n) is 2.11. The minimum atomic E-state index is -0.229. The number of thioether (sulfide) groups is 1. The summed E-state index contributed by atoms with van der Waals surface area (Å²) in [6, 6.07) is 0. The Morgan fingerprint density at radius 3 is 2.53 bits per heavy atom. The van der Waals surface area contributed by atoms with Crippen LogP contribution in [0.2, 0.25) is 0 Å². The molecule has 15 heavy (non-hydrogen) atoms. The van der Waals surface area contributed by atoms with Gasteiger partial charge in [0.15, 0.2) is 0 Å². The van der Waals surface area contributed by atoms with Gasteiger partial charge in [-0.1, -0.05) is 20.8 Å². The molecule has 3 nitrogen and oxygen atoms in total. The molecule has 0 spiro atoms. The second kappa shape index (κ2) is 6.74. The molecule has 2 N–H and O–H groups in total. The van der Waals surface area contributed by atoms with Crippen LogP contribution in [0, 0.1) is 0 Å². The van der Waals surface area contributed by atoms with Gasteiger partial charge in [-0.05, 0) is 6.54 Å². The Morgan fingerprint density at radius 2 is 2.00 bits per heavy atom. The van der Waals surface area contributed by atoms with E-state index < -0.39 is 0 Å². The Bertz CT molecular complexity index is 170. The summed E-state index contributed by atoms with van der Waals surface area (Å²) < 4.78 is 0. The van der Waals surface area contributed by atoms with Crippen LogP contribution in [0.4, 0.5) is 0 Å². The Morgan fingerprint density at radius 1 is 1.40 bits per heavy atom.